The maximum Gasteiger partial charge on any atom is 0.0470 e. The Kier molecular flexibility index (Phi) is 3.76. The molecule has 0 saturated heterocycles. The zero-order valence-electron chi connectivity index (χ0n) is 9.11. The van der Waals surface area contributed by atoms with Crippen LogP contribution in [0.2, 0.25) is 0 Å². The number of hydrogen-bond acceptors (Lipinski definition) is 0. The molecule has 0 bridgehead atoms. The molecule has 1 nitrogen and oxygen atoms in total. The van der Waals surface area contributed by atoms with Gasteiger partial charge in [-0.15, -0.1) is 0 Å². The summed E-state index contributed by atoms with van der Waals surface area (Å²) >= 11 is 3.45. The summed E-state index contributed by atoms with van der Waals surface area (Å²) in [6.45, 7) is 8.24. The second-order valence-electron chi connectivity index (χ2n) is 3.06. The fourth-order valence-corrected chi connectivity index (χ4v) is 1.81. The summed E-state index contributed by atoms with van der Waals surface area (Å²) < 4.78 is 1.12. The van der Waals surface area contributed by atoms with Crippen molar-refractivity contribution >= 4 is 26.8 Å². The third kappa shape index (κ3) is 2.01. The van der Waals surface area contributed by atoms with Crippen molar-refractivity contribution in [3.05, 3.63) is 33.9 Å². The predicted octanol–water partition coefficient (Wildman–Crippen LogP) is 4.82. The lowest BCUT2D eigenvalue weighted by atomic mass is 10.2. The molecule has 1 N–H and O–H groups in total. The van der Waals surface area contributed by atoms with E-state index in [-0.39, 0.29) is 1.43 Å². The molecule has 2 aromatic rings. The standard InChI is InChI=1S/C10H10BrN.C2H6.H2/c1-6-7(2)12-10-5-8(11)3-4-9(6)10;1-2;/h3-5,12H,1-2H3;1-2H3;1H. The van der Waals surface area contributed by atoms with E-state index in [0.717, 1.165) is 4.47 Å². The van der Waals surface area contributed by atoms with Gasteiger partial charge in [0.2, 0.25) is 0 Å². The van der Waals surface area contributed by atoms with Gasteiger partial charge in [-0.25, -0.2) is 0 Å². The summed E-state index contributed by atoms with van der Waals surface area (Å²) in [4.78, 5) is 3.34. The summed E-state index contributed by atoms with van der Waals surface area (Å²) in [5, 5.41) is 1.32. The number of hydrogen-bond donors (Lipinski definition) is 1. The summed E-state index contributed by atoms with van der Waals surface area (Å²) in [7, 11) is 0. The maximum absolute atomic E-state index is 3.45. The van der Waals surface area contributed by atoms with Crippen LogP contribution in [0.3, 0.4) is 0 Å². The lowest BCUT2D eigenvalue weighted by molar-refractivity contribution is 1.25. The molecule has 0 spiro atoms. The van der Waals surface area contributed by atoms with Crippen molar-refractivity contribution in [2.24, 2.45) is 0 Å². The van der Waals surface area contributed by atoms with E-state index in [4.69, 9.17) is 0 Å². The molecule has 2 rings (SSSR count). The average Bonchev–Trinajstić information content (AvgIpc) is 2.45. The molecule has 2 heteroatoms. The summed E-state index contributed by atoms with van der Waals surface area (Å²) in [6.07, 6.45) is 0. The first-order valence-corrected chi connectivity index (χ1v) is 5.72. The molecule has 78 valence electrons. The van der Waals surface area contributed by atoms with Gasteiger partial charge in [-0.1, -0.05) is 35.8 Å². The van der Waals surface area contributed by atoms with Crippen LogP contribution in [0.5, 0.6) is 0 Å². The molecule has 14 heavy (non-hydrogen) atoms. The van der Waals surface area contributed by atoms with Crippen LogP contribution in [0.4, 0.5) is 0 Å². The van der Waals surface area contributed by atoms with Gasteiger partial charge >= 0.3 is 0 Å². The largest absolute Gasteiger partial charge is 0.358 e. The topological polar surface area (TPSA) is 15.8 Å². The van der Waals surface area contributed by atoms with Gasteiger partial charge in [-0.05, 0) is 31.5 Å². The van der Waals surface area contributed by atoms with Crippen molar-refractivity contribution < 1.29 is 1.43 Å². The van der Waals surface area contributed by atoms with Crippen LogP contribution in [0.15, 0.2) is 22.7 Å². The lowest BCUT2D eigenvalue weighted by Gasteiger charge is -1.91. The number of aryl methyl sites for hydroxylation is 2. The van der Waals surface area contributed by atoms with Gasteiger partial charge in [0, 0.05) is 22.5 Å². The minimum absolute atomic E-state index is 0. The predicted molar refractivity (Wildman–Crippen MR) is 68.9 cm³/mol. The molecule has 0 fully saturated rings. The van der Waals surface area contributed by atoms with Gasteiger partial charge in [0.15, 0.2) is 0 Å². The lowest BCUT2D eigenvalue weighted by Crippen LogP contribution is -1.70. The van der Waals surface area contributed by atoms with Crippen LogP contribution in [0.25, 0.3) is 10.9 Å². The number of halogens is 1. The highest BCUT2D eigenvalue weighted by molar-refractivity contribution is 9.10. The zero-order valence-corrected chi connectivity index (χ0v) is 10.7. The fraction of sp³-hybridized carbons (Fsp3) is 0.333. The molecule has 1 aromatic carbocycles. The zero-order chi connectivity index (χ0) is 10.7. The molecule has 0 unspecified atom stereocenters. The molecule has 0 radical (unpaired) electrons. The third-order valence-corrected chi connectivity index (χ3v) is 2.76. The number of aromatic nitrogens is 1. The molecule has 0 atom stereocenters. The van der Waals surface area contributed by atoms with Crippen LogP contribution >= 0.6 is 15.9 Å². The van der Waals surface area contributed by atoms with E-state index in [1.165, 1.54) is 22.2 Å². The van der Waals surface area contributed by atoms with Crippen LogP contribution in [0, 0.1) is 13.8 Å². The number of fused-ring (bicyclic) bond motifs is 1. The minimum Gasteiger partial charge on any atom is -0.358 e. The number of aromatic amines is 1. The van der Waals surface area contributed by atoms with E-state index < -0.39 is 0 Å². The van der Waals surface area contributed by atoms with Crippen molar-refractivity contribution in [3.8, 4) is 0 Å². The molecule has 0 aliphatic carbocycles. The Balaban J connectivity index is 0.000000617. The smallest absolute Gasteiger partial charge is 0.0470 e. The monoisotopic (exact) mass is 255 g/mol. The Morgan fingerprint density at radius 2 is 1.86 bits per heavy atom. The maximum atomic E-state index is 3.45. The number of nitrogens with one attached hydrogen (secondary N) is 1. The number of benzene rings is 1. The summed E-state index contributed by atoms with van der Waals surface area (Å²) in [5.41, 5.74) is 3.81. The summed E-state index contributed by atoms with van der Waals surface area (Å²) in [6, 6.07) is 6.32. The second-order valence-corrected chi connectivity index (χ2v) is 3.98. The first kappa shape index (κ1) is 11.3. The van der Waals surface area contributed by atoms with Gasteiger partial charge in [-0.2, -0.15) is 0 Å². The van der Waals surface area contributed by atoms with E-state index in [1.54, 1.807) is 0 Å². The molecular formula is C12H18BrN. The van der Waals surface area contributed by atoms with Gasteiger partial charge in [-0.3, -0.25) is 0 Å². The Bertz CT molecular complexity index is 434. The van der Waals surface area contributed by atoms with Crippen molar-refractivity contribution in [2.75, 3.05) is 0 Å². The first-order chi connectivity index (χ1) is 6.68. The van der Waals surface area contributed by atoms with Crippen molar-refractivity contribution in [2.45, 2.75) is 27.7 Å². The van der Waals surface area contributed by atoms with Crippen molar-refractivity contribution in [1.82, 2.24) is 4.98 Å². The molecule has 1 heterocycles. The van der Waals surface area contributed by atoms with E-state index in [2.05, 4.69) is 53.0 Å². The van der Waals surface area contributed by atoms with Gasteiger partial charge < -0.3 is 4.98 Å². The first-order valence-electron chi connectivity index (χ1n) is 4.93. The summed E-state index contributed by atoms with van der Waals surface area (Å²) in [5.74, 6) is 0. The second kappa shape index (κ2) is 4.65. The Hall–Kier alpha value is -0.760. The van der Waals surface area contributed by atoms with E-state index in [1.807, 2.05) is 13.8 Å². The van der Waals surface area contributed by atoms with Crippen LogP contribution in [-0.4, -0.2) is 4.98 Å². The molecular weight excluding hydrogens is 238 g/mol. The Labute approximate surface area is 95.1 Å². The van der Waals surface area contributed by atoms with Crippen LogP contribution < -0.4 is 0 Å². The van der Waals surface area contributed by atoms with Gasteiger partial charge in [0.1, 0.15) is 0 Å². The van der Waals surface area contributed by atoms with Crippen molar-refractivity contribution in [3.63, 3.8) is 0 Å². The minimum atomic E-state index is 0. The SMILES string of the molecule is CC.Cc1[nH]c2cc(Br)ccc2c1C.[HH]. The highest BCUT2D eigenvalue weighted by Gasteiger charge is 2.02. The van der Waals surface area contributed by atoms with Crippen LogP contribution in [-0.2, 0) is 0 Å². The molecule has 1 aromatic heterocycles. The number of rotatable bonds is 0. The van der Waals surface area contributed by atoms with E-state index in [0.29, 0.717) is 0 Å². The normalized spacial score (nSPS) is 9.79. The average molecular weight is 256 g/mol. The quantitative estimate of drug-likeness (QED) is 0.695. The van der Waals surface area contributed by atoms with E-state index in [9.17, 15) is 0 Å². The van der Waals surface area contributed by atoms with Crippen LogP contribution in [0.1, 0.15) is 26.5 Å². The number of H-pyrrole nitrogens is 1. The Morgan fingerprint density at radius 3 is 2.50 bits per heavy atom. The third-order valence-electron chi connectivity index (χ3n) is 2.27. The van der Waals surface area contributed by atoms with Gasteiger partial charge in [0.05, 0.1) is 0 Å². The highest BCUT2D eigenvalue weighted by atomic mass is 79.9. The Morgan fingerprint density at radius 1 is 1.21 bits per heavy atom. The molecule has 0 aliphatic rings. The van der Waals surface area contributed by atoms with Gasteiger partial charge in [0.25, 0.3) is 0 Å². The molecule has 0 aliphatic heterocycles. The fourth-order valence-electron chi connectivity index (χ4n) is 1.44. The van der Waals surface area contributed by atoms with Crippen molar-refractivity contribution in [1.29, 1.82) is 0 Å². The highest BCUT2D eigenvalue weighted by Crippen LogP contribution is 2.23. The van der Waals surface area contributed by atoms with E-state index >= 15 is 0 Å². The molecule has 0 saturated carbocycles. The molecule has 0 amide bonds.